The molecule has 0 fully saturated rings. The molecule has 0 spiro atoms. The molecular weight excluding hydrogens is 545 g/mol. The van der Waals surface area contributed by atoms with E-state index in [1.165, 1.54) is 28.4 Å². The van der Waals surface area contributed by atoms with Crippen LogP contribution in [-0.4, -0.2) is 57.6 Å². The van der Waals surface area contributed by atoms with Gasteiger partial charge in [0.15, 0.2) is 0 Å². The maximum absolute atomic E-state index is 13.8. The van der Waals surface area contributed by atoms with E-state index in [0.717, 1.165) is 18.2 Å². The van der Waals surface area contributed by atoms with Gasteiger partial charge in [0.25, 0.3) is 0 Å². The highest BCUT2D eigenvalue weighted by molar-refractivity contribution is 7.92. The first-order valence-corrected chi connectivity index (χ1v) is 15.4. The molecule has 0 saturated heterocycles. The first-order valence-electron chi connectivity index (χ1n) is 13.6. The number of hydrogen-bond donors (Lipinski definition) is 1. The second-order valence-electron chi connectivity index (χ2n) is 9.78. The van der Waals surface area contributed by atoms with Gasteiger partial charge in [-0.2, -0.15) is 0 Å². The van der Waals surface area contributed by atoms with Crippen molar-refractivity contribution in [2.24, 2.45) is 0 Å². The van der Waals surface area contributed by atoms with Gasteiger partial charge >= 0.3 is 0 Å². The van der Waals surface area contributed by atoms with E-state index < -0.39 is 21.9 Å². The van der Waals surface area contributed by atoms with E-state index in [4.69, 9.17) is 4.74 Å². The Morgan fingerprint density at radius 3 is 2.32 bits per heavy atom. The maximum atomic E-state index is 13.8. The van der Waals surface area contributed by atoms with Gasteiger partial charge < -0.3 is 15.0 Å². The lowest BCUT2D eigenvalue weighted by Crippen LogP contribution is -2.50. The molecule has 10 heteroatoms. The Hall–Kier alpha value is -3.92. The largest absolute Gasteiger partial charge is 0.497 e. The fraction of sp³-hybridized carbons (Fsp3) is 0.355. The summed E-state index contributed by atoms with van der Waals surface area (Å²) in [5.41, 5.74) is 2.00. The van der Waals surface area contributed by atoms with Crippen molar-refractivity contribution in [3.05, 3.63) is 95.8 Å². The average Bonchev–Trinajstić information content (AvgIpc) is 2.96. The zero-order valence-electron chi connectivity index (χ0n) is 23.8. The van der Waals surface area contributed by atoms with Crippen molar-refractivity contribution in [2.45, 2.75) is 45.2 Å². The molecule has 0 aliphatic rings. The predicted octanol–water partition coefficient (Wildman–Crippen LogP) is 4.55. The average molecular weight is 584 g/mol. The van der Waals surface area contributed by atoms with Gasteiger partial charge in [0.05, 0.1) is 19.1 Å². The number of sulfonamides is 1. The van der Waals surface area contributed by atoms with E-state index in [1.54, 1.807) is 36.4 Å². The van der Waals surface area contributed by atoms with Crippen molar-refractivity contribution in [1.29, 1.82) is 0 Å². The number of nitrogens with zero attached hydrogens (tertiary/aromatic N) is 2. The van der Waals surface area contributed by atoms with Gasteiger partial charge in [-0.3, -0.25) is 13.9 Å². The molecule has 3 aromatic rings. The minimum absolute atomic E-state index is 0.00350. The van der Waals surface area contributed by atoms with Gasteiger partial charge in [0.2, 0.25) is 21.8 Å². The third-order valence-electron chi connectivity index (χ3n) is 6.58. The third-order valence-corrected chi connectivity index (χ3v) is 7.77. The summed E-state index contributed by atoms with van der Waals surface area (Å²) in [5, 5.41) is 2.92. The summed E-state index contributed by atoms with van der Waals surface area (Å²) in [6.07, 6.45) is 2.37. The molecule has 1 unspecified atom stereocenters. The molecule has 220 valence electrons. The number of carbonyl (C=O) groups is 2. The Bertz CT molecular complexity index is 1380. The number of anilines is 1. The molecule has 8 nitrogen and oxygen atoms in total. The summed E-state index contributed by atoms with van der Waals surface area (Å²) in [6.45, 7) is 2.58. The SMILES string of the molecule is CCCNC(=O)C(Cc1ccccc1)N(Cc1ccc(F)cc1)C(=O)CCCN(c1cccc(OC)c1)S(C)(=O)=O. The highest BCUT2D eigenvalue weighted by Crippen LogP contribution is 2.24. The van der Waals surface area contributed by atoms with Crippen LogP contribution >= 0.6 is 0 Å². The summed E-state index contributed by atoms with van der Waals surface area (Å²) in [5.74, 6) is -0.465. The van der Waals surface area contributed by atoms with Gasteiger partial charge in [-0.25, -0.2) is 12.8 Å². The van der Waals surface area contributed by atoms with Crippen LogP contribution in [0, 0.1) is 5.82 Å². The normalized spacial score (nSPS) is 11.9. The second kappa shape index (κ2) is 15.2. The molecule has 1 N–H and O–H groups in total. The zero-order chi connectivity index (χ0) is 29.8. The van der Waals surface area contributed by atoms with Gasteiger partial charge in [0.1, 0.15) is 17.6 Å². The van der Waals surface area contributed by atoms with Crippen molar-refractivity contribution in [1.82, 2.24) is 10.2 Å². The van der Waals surface area contributed by atoms with Crippen molar-refractivity contribution in [3.8, 4) is 5.75 Å². The van der Waals surface area contributed by atoms with E-state index in [1.807, 2.05) is 37.3 Å². The molecule has 0 aliphatic heterocycles. The van der Waals surface area contributed by atoms with Crippen LogP contribution in [0.15, 0.2) is 78.9 Å². The van der Waals surface area contributed by atoms with Crippen LogP contribution in [0.5, 0.6) is 5.75 Å². The van der Waals surface area contributed by atoms with Crippen molar-refractivity contribution in [2.75, 3.05) is 30.8 Å². The van der Waals surface area contributed by atoms with Gasteiger partial charge in [-0.05, 0) is 48.2 Å². The van der Waals surface area contributed by atoms with Crippen LogP contribution in [0.1, 0.15) is 37.3 Å². The highest BCUT2D eigenvalue weighted by Gasteiger charge is 2.30. The molecule has 2 amide bonds. The molecular formula is C31H38FN3O5S. The van der Waals surface area contributed by atoms with Crippen LogP contribution < -0.4 is 14.4 Å². The fourth-order valence-electron chi connectivity index (χ4n) is 4.48. The number of halogens is 1. The van der Waals surface area contributed by atoms with Crippen LogP contribution in [0.3, 0.4) is 0 Å². The number of carbonyl (C=O) groups excluding carboxylic acids is 2. The molecule has 41 heavy (non-hydrogen) atoms. The van der Waals surface area contributed by atoms with E-state index in [2.05, 4.69) is 5.32 Å². The number of ether oxygens (including phenoxy) is 1. The van der Waals surface area contributed by atoms with Gasteiger partial charge in [-0.1, -0.05) is 55.5 Å². The Balaban J connectivity index is 1.86. The van der Waals surface area contributed by atoms with Crippen molar-refractivity contribution < 1.29 is 27.1 Å². The maximum Gasteiger partial charge on any atom is 0.243 e. The Morgan fingerprint density at radius 2 is 1.68 bits per heavy atom. The molecule has 0 aromatic heterocycles. The highest BCUT2D eigenvalue weighted by atomic mass is 32.2. The van der Waals surface area contributed by atoms with E-state index in [9.17, 15) is 22.4 Å². The molecule has 3 aromatic carbocycles. The topological polar surface area (TPSA) is 96.0 Å². The first kappa shape index (κ1) is 31.6. The molecule has 3 rings (SSSR count). The standard InChI is InChI=1S/C31H38FN3O5S/c1-4-19-33-31(37)29(21-24-10-6-5-7-11-24)34(23-25-15-17-26(32)18-16-25)30(36)14-9-20-35(41(3,38)39)27-12-8-13-28(22-27)40-2/h5-8,10-13,15-18,22,29H,4,9,14,19-21,23H2,1-3H3,(H,33,37). The van der Waals surface area contributed by atoms with Crippen LogP contribution in [0.25, 0.3) is 0 Å². The molecule has 0 heterocycles. The molecule has 0 radical (unpaired) electrons. The number of rotatable bonds is 15. The lowest BCUT2D eigenvalue weighted by atomic mass is 10.0. The zero-order valence-corrected chi connectivity index (χ0v) is 24.6. The number of hydrogen-bond acceptors (Lipinski definition) is 5. The summed E-state index contributed by atoms with van der Waals surface area (Å²) >= 11 is 0. The van der Waals surface area contributed by atoms with Crippen molar-refractivity contribution >= 4 is 27.5 Å². The van der Waals surface area contributed by atoms with Crippen LogP contribution in [-0.2, 0) is 32.6 Å². The van der Waals surface area contributed by atoms with E-state index >= 15 is 0 Å². The third kappa shape index (κ3) is 9.60. The molecule has 0 saturated carbocycles. The first-order chi connectivity index (χ1) is 19.6. The second-order valence-corrected chi connectivity index (χ2v) is 11.7. The van der Waals surface area contributed by atoms with E-state index in [-0.39, 0.29) is 37.7 Å². The summed E-state index contributed by atoms with van der Waals surface area (Å²) in [7, 11) is -2.14. The Morgan fingerprint density at radius 1 is 0.976 bits per heavy atom. The molecule has 1 atom stereocenters. The smallest absolute Gasteiger partial charge is 0.243 e. The Kier molecular flexibility index (Phi) is 11.7. The minimum atomic E-state index is -3.64. The summed E-state index contributed by atoms with van der Waals surface area (Å²) in [6, 6.07) is 21.2. The predicted molar refractivity (Wildman–Crippen MR) is 159 cm³/mol. The lowest BCUT2D eigenvalue weighted by molar-refractivity contribution is -0.141. The molecule has 0 bridgehead atoms. The quantitative estimate of drug-likeness (QED) is 0.283. The number of benzene rings is 3. The van der Waals surface area contributed by atoms with E-state index in [0.29, 0.717) is 30.0 Å². The minimum Gasteiger partial charge on any atom is -0.497 e. The Labute approximate surface area is 242 Å². The fourth-order valence-corrected chi connectivity index (χ4v) is 5.43. The monoisotopic (exact) mass is 583 g/mol. The van der Waals surface area contributed by atoms with Crippen molar-refractivity contribution in [3.63, 3.8) is 0 Å². The number of amides is 2. The molecule has 0 aliphatic carbocycles. The van der Waals surface area contributed by atoms with Crippen LogP contribution in [0.2, 0.25) is 0 Å². The summed E-state index contributed by atoms with van der Waals surface area (Å²) < 4.78 is 45.3. The van der Waals surface area contributed by atoms with Gasteiger partial charge in [-0.15, -0.1) is 0 Å². The summed E-state index contributed by atoms with van der Waals surface area (Å²) in [4.78, 5) is 28.7. The number of nitrogens with one attached hydrogen (secondary N) is 1. The number of methoxy groups -OCH3 is 1. The van der Waals surface area contributed by atoms with Crippen LogP contribution in [0.4, 0.5) is 10.1 Å². The lowest BCUT2D eigenvalue weighted by Gasteiger charge is -2.32. The van der Waals surface area contributed by atoms with Gasteiger partial charge in [0, 0.05) is 38.5 Å².